The summed E-state index contributed by atoms with van der Waals surface area (Å²) in [6, 6.07) is 3.64. The molecule has 1 aromatic heterocycles. The van der Waals surface area contributed by atoms with Crippen LogP contribution in [0.5, 0.6) is 0 Å². The lowest BCUT2D eigenvalue weighted by Gasteiger charge is -2.01. The van der Waals surface area contributed by atoms with Crippen LogP contribution in [0.3, 0.4) is 0 Å². The normalized spacial score (nSPS) is 9.67. The fraction of sp³-hybridized carbons (Fsp3) is 0.500. The van der Waals surface area contributed by atoms with Gasteiger partial charge in [-0.25, -0.2) is 0 Å². The quantitative estimate of drug-likeness (QED) is 0.613. The summed E-state index contributed by atoms with van der Waals surface area (Å²) in [6.45, 7) is 2.94. The summed E-state index contributed by atoms with van der Waals surface area (Å²) in [4.78, 5) is 13.3. The average molecular weight is 265 g/mol. The van der Waals surface area contributed by atoms with Crippen molar-refractivity contribution in [3.05, 3.63) is 21.9 Å². The Morgan fingerprint density at radius 2 is 2.28 bits per heavy atom. The molecule has 0 radical (unpaired) electrons. The van der Waals surface area contributed by atoms with Crippen molar-refractivity contribution in [2.24, 2.45) is 0 Å². The first-order valence-corrected chi connectivity index (χ1v) is 7.07. The number of thiophene rings is 1. The lowest BCUT2D eigenvalue weighted by molar-refractivity contribution is 0.0957. The molecule has 0 saturated heterocycles. The smallest absolute Gasteiger partial charge is 0.261 e. The molecular weight excluding hydrogens is 246 g/mol. The number of unbranched alkanes of at least 4 members (excludes halogenated alkanes) is 2. The number of carbonyl (C=O) groups excluding carboxylic acids is 1. The average Bonchev–Trinajstić information content (AvgIpc) is 2.84. The maximum atomic E-state index is 11.8. The number of aliphatic hydroxyl groups is 1. The zero-order valence-electron chi connectivity index (χ0n) is 10.7. The zero-order valence-corrected chi connectivity index (χ0v) is 11.5. The van der Waals surface area contributed by atoms with E-state index in [1.54, 1.807) is 6.07 Å². The van der Waals surface area contributed by atoms with Gasteiger partial charge in [-0.3, -0.25) is 4.79 Å². The van der Waals surface area contributed by atoms with Gasteiger partial charge in [-0.1, -0.05) is 31.6 Å². The summed E-state index contributed by atoms with van der Waals surface area (Å²) < 4.78 is 0. The first-order valence-electron chi connectivity index (χ1n) is 6.25. The van der Waals surface area contributed by atoms with Crippen molar-refractivity contribution in [1.29, 1.82) is 0 Å². The number of aliphatic hydroxyl groups excluding tert-OH is 1. The molecule has 0 unspecified atom stereocenters. The van der Waals surface area contributed by atoms with Crippen molar-refractivity contribution in [1.82, 2.24) is 5.32 Å². The predicted octanol–water partition coefficient (Wildman–Crippen LogP) is 2.40. The third kappa shape index (κ3) is 5.35. The Balaban J connectivity index is 2.42. The molecule has 0 aliphatic heterocycles. The van der Waals surface area contributed by atoms with Gasteiger partial charge >= 0.3 is 0 Å². The van der Waals surface area contributed by atoms with Gasteiger partial charge in [0, 0.05) is 13.0 Å². The minimum absolute atomic E-state index is 0.0219. The Morgan fingerprint density at radius 1 is 1.44 bits per heavy atom. The molecule has 1 aromatic rings. The van der Waals surface area contributed by atoms with E-state index >= 15 is 0 Å². The molecule has 3 nitrogen and oxygen atoms in total. The fourth-order valence-corrected chi connectivity index (χ4v) is 2.19. The van der Waals surface area contributed by atoms with Crippen molar-refractivity contribution in [2.75, 3.05) is 13.2 Å². The van der Waals surface area contributed by atoms with E-state index in [9.17, 15) is 4.79 Å². The highest BCUT2D eigenvalue weighted by Gasteiger charge is 2.07. The first kappa shape index (κ1) is 14.7. The summed E-state index contributed by atoms with van der Waals surface area (Å²) >= 11 is 1.39. The second-order valence-electron chi connectivity index (χ2n) is 3.90. The van der Waals surface area contributed by atoms with E-state index in [2.05, 4.69) is 24.1 Å². The Bertz CT molecular complexity index is 428. The Kier molecular flexibility index (Phi) is 7.16. The van der Waals surface area contributed by atoms with Gasteiger partial charge in [-0.2, -0.15) is 0 Å². The predicted molar refractivity (Wildman–Crippen MR) is 74.8 cm³/mol. The van der Waals surface area contributed by atoms with E-state index < -0.39 is 0 Å². The Labute approximate surface area is 112 Å². The van der Waals surface area contributed by atoms with Gasteiger partial charge in [0.25, 0.3) is 5.91 Å². The van der Waals surface area contributed by atoms with Gasteiger partial charge in [0.05, 0.1) is 16.4 Å². The van der Waals surface area contributed by atoms with Crippen molar-refractivity contribution in [2.45, 2.75) is 32.6 Å². The van der Waals surface area contributed by atoms with Gasteiger partial charge in [0.1, 0.15) is 0 Å². The van der Waals surface area contributed by atoms with Crippen LogP contribution < -0.4 is 5.32 Å². The molecule has 2 N–H and O–H groups in total. The SMILES string of the molecule is CCCCCNC(=O)c1ccc(C#CCCO)s1. The number of hydrogen-bond acceptors (Lipinski definition) is 3. The summed E-state index contributed by atoms with van der Waals surface area (Å²) in [5, 5.41) is 11.5. The van der Waals surface area contributed by atoms with Gasteiger partial charge in [0.2, 0.25) is 0 Å². The van der Waals surface area contributed by atoms with Crippen LogP contribution in [0.2, 0.25) is 0 Å². The van der Waals surface area contributed by atoms with Crippen LogP contribution in [0.4, 0.5) is 0 Å². The summed E-state index contributed by atoms with van der Waals surface area (Å²) in [7, 11) is 0. The van der Waals surface area contributed by atoms with Gasteiger partial charge in [-0.05, 0) is 18.6 Å². The minimum Gasteiger partial charge on any atom is -0.395 e. The number of carbonyl (C=O) groups is 1. The molecule has 0 aliphatic carbocycles. The zero-order chi connectivity index (χ0) is 13.2. The van der Waals surface area contributed by atoms with Gasteiger partial charge < -0.3 is 10.4 Å². The maximum Gasteiger partial charge on any atom is 0.261 e. The van der Waals surface area contributed by atoms with Crippen LogP contribution in [0.25, 0.3) is 0 Å². The molecule has 98 valence electrons. The highest BCUT2D eigenvalue weighted by Crippen LogP contribution is 2.15. The van der Waals surface area contributed by atoms with Gasteiger partial charge in [0.15, 0.2) is 0 Å². The number of amides is 1. The van der Waals surface area contributed by atoms with Crippen molar-refractivity contribution < 1.29 is 9.90 Å². The Morgan fingerprint density at radius 3 is 3.00 bits per heavy atom. The highest BCUT2D eigenvalue weighted by atomic mass is 32.1. The molecule has 18 heavy (non-hydrogen) atoms. The third-order valence-corrected chi connectivity index (χ3v) is 3.34. The first-order chi connectivity index (χ1) is 8.77. The van der Waals surface area contributed by atoms with Crippen molar-refractivity contribution >= 4 is 17.2 Å². The van der Waals surface area contributed by atoms with E-state index in [0.29, 0.717) is 11.3 Å². The molecule has 0 aromatic carbocycles. The topological polar surface area (TPSA) is 49.3 Å². The highest BCUT2D eigenvalue weighted by molar-refractivity contribution is 7.14. The van der Waals surface area contributed by atoms with Gasteiger partial charge in [-0.15, -0.1) is 11.3 Å². The Hall–Kier alpha value is -1.31. The molecule has 1 heterocycles. The molecule has 0 fully saturated rings. The minimum atomic E-state index is -0.0219. The molecule has 4 heteroatoms. The standard InChI is InChI=1S/C14H19NO2S/c1-2-3-5-10-15-14(17)13-9-8-12(18-13)7-4-6-11-16/h8-9,16H,2-3,5-6,10-11H2,1H3,(H,15,17). The lowest BCUT2D eigenvalue weighted by atomic mass is 10.2. The lowest BCUT2D eigenvalue weighted by Crippen LogP contribution is -2.23. The summed E-state index contributed by atoms with van der Waals surface area (Å²) in [5.74, 6) is 5.75. The monoisotopic (exact) mass is 265 g/mol. The second-order valence-corrected chi connectivity index (χ2v) is 4.99. The molecule has 0 spiro atoms. The second kappa shape index (κ2) is 8.73. The maximum absolute atomic E-state index is 11.8. The number of rotatable bonds is 6. The molecule has 1 amide bonds. The number of hydrogen-bond donors (Lipinski definition) is 2. The van der Waals surface area contributed by atoms with Crippen molar-refractivity contribution in [3.8, 4) is 11.8 Å². The van der Waals surface area contributed by atoms with Crippen LogP contribution in [0.15, 0.2) is 12.1 Å². The molecule has 0 atom stereocenters. The summed E-state index contributed by atoms with van der Waals surface area (Å²) in [6.07, 6.45) is 3.79. The van der Waals surface area contributed by atoms with E-state index in [1.807, 2.05) is 6.07 Å². The number of nitrogens with one attached hydrogen (secondary N) is 1. The third-order valence-electron chi connectivity index (χ3n) is 2.34. The van der Waals surface area contributed by atoms with Crippen LogP contribution in [0, 0.1) is 11.8 Å². The van der Waals surface area contributed by atoms with Crippen molar-refractivity contribution in [3.63, 3.8) is 0 Å². The molecule has 0 aliphatic rings. The van der Waals surface area contributed by atoms with Crippen LogP contribution in [0.1, 0.15) is 47.2 Å². The largest absolute Gasteiger partial charge is 0.395 e. The van der Waals surface area contributed by atoms with E-state index in [-0.39, 0.29) is 12.5 Å². The molecule has 0 saturated carbocycles. The van der Waals surface area contributed by atoms with E-state index in [4.69, 9.17) is 5.11 Å². The molecular formula is C14H19NO2S. The van der Waals surface area contributed by atoms with E-state index in [0.717, 1.165) is 30.7 Å². The molecule has 1 rings (SSSR count). The molecule has 0 bridgehead atoms. The van der Waals surface area contributed by atoms with Crippen LogP contribution in [-0.2, 0) is 0 Å². The fourth-order valence-electron chi connectivity index (χ4n) is 1.40. The van der Waals surface area contributed by atoms with E-state index in [1.165, 1.54) is 11.3 Å². The summed E-state index contributed by atoms with van der Waals surface area (Å²) in [5.41, 5.74) is 0. The van der Waals surface area contributed by atoms with Crippen LogP contribution >= 0.6 is 11.3 Å². The van der Waals surface area contributed by atoms with Crippen LogP contribution in [-0.4, -0.2) is 24.2 Å².